The summed E-state index contributed by atoms with van der Waals surface area (Å²) in [7, 11) is 0. The van der Waals surface area contributed by atoms with Crippen molar-refractivity contribution >= 4 is 49.9 Å². The third-order valence-electron chi connectivity index (χ3n) is 3.34. The van der Waals surface area contributed by atoms with E-state index < -0.39 is 0 Å². The number of fused-ring (bicyclic) bond motifs is 1. The van der Waals surface area contributed by atoms with E-state index in [1.807, 2.05) is 5.38 Å². The van der Waals surface area contributed by atoms with Crippen LogP contribution in [0, 0.1) is 5.82 Å². The minimum atomic E-state index is -0.313. The molecule has 0 saturated carbocycles. The predicted octanol–water partition coefficient (Wildman–Crippen LogP) is 5.35. The summed E-state index contributed by atoms with van der Waals surface area (Å²) < 4.78 is 16.1. The lowest BCUT2D eigenvalue weighted by molar-refractivity contribution is 0.620. The molecule has 0 aliphatic heterocycles. The van der Waals surface area contributed by atoms with Gasteiger partial charge >= 0.3 is 0 Å². The molecule has 2 heterocycles. The standard InChI is InChI=1S/C14H11BrClFN2S/c1-8(9-2-3-20-7-9)19-13-4-10(15)11(17)5-12(13)18-14(19)6-16/h2-5,7-8H,6H2,1H3. The molecule has 20 heavy (non-hydrogen) atoms. The molecule has 0 fully saturated rings. The maximum atomic E-state index is 13.6. The van der Waals surface area contributed by atoms with Crippen LogP contribution in [0.3, 0.4) is 0 Å². The second-order valence-corrected chi connectivity index (χ2v) is 6.42. The van der Waals surface area contributed by atoms with Gasteiger partial charge < -0.3 is 4.57 Å². The lowest BCUT2D eigenvalue weighted by Crippen LogP contribution is -2.09. The maximum absolute atomic E-state index is 13.6. The van der Waals surface area contributed by atoms with Gasteiger partial charge in [-0.1, -0.05) is 0 Å². The molecule has 2 aromatic heterocycles. The van der Waals surface area contributed by atoms with Crippen LogP contribution in [0.1, 0.15) is 24.4 Å². The molecule has 104 valence electrons. The highest BCUT2D eigenvalue weighted by atomic mass is 79.9. The van der Waals surface area contributed by atoms with Crippen molar-refractivity contribution < 1.29 is 4.39 Å². The number of hydrogen-bond donors (Lipinski definition) is 0. The number of imidazole rings is 1. The molecule has 0 saturated heterocycles. The van der Waals surface area contributed by atoms with Crippen LogP contribution in [-0.4, -0.2) is 9.55 Å². The van der Waals surface area contributed by atoms with Gasteiger partial charge in [-0.05, 0) is 51.3 Å². The third-order valence-corrected chi connectivity index (χ3v) is 4.89. The van der Waals surface area contributed by atoms with Gasteiger partial charge in [0, 0.05) is 6.07 Å². The van der Waals surface area contributed by atoms with Crippen LogP contribution >= 0.6 is 38.9 Å². The fourth-order valence-corrected chi connectivity index (χ4v) is 3.60. The summed E-state index contributed by atoms with van der Waals surface area (Å²) in [5.41, 5.74) is 2.71. The number of aromatic nitrogens is 2. The number of alkyl halides is 1. The number of rotatable bonds is 3. The number of hydrogen-bond acceptors (Lipinski definition) is 2. The van der Waals surface area contributed by atoms with E-state index in [2.05, 4.69) is 43.9 Å². The fraction of sp³-hybridized carbons (Fsp3) is 0.214. The van der Waals surface area contributed by atoms with Crippen molar-refractivity contribution in [2.45, 2.75) is 18.8 Å². The van der Waals surface area contributed by atoms with E-state index in [1.54, 1.807) is 17.4 Å². The average Bonchev–Trinajstić information content (AvgIpc) is 3.06. The highest BCUT2D eigenvalue weighted by Gasteiger charge is 2.18. The van der Waals surface area contributed by atoms with Crippen molar-refractivity contribution in [3.05, 3.63) is 50.6 Å². The molecule has 0 spiro atoms. The Morgan fingerprint density at radius 1 is 1.50 bits per heavy atom. The summed E-state index contributed by atoms with van der Waals surface area (Å²) in [6.07, 6.45) is 0. The molecule has 0 N–H and O–H groups in total. The van der Waals surface area contributed by atoms with Crippen molar-refractivity contribution in [3.63, 3.8) is 0 Å². The molecule has 0 bridgehead atoms. The van der Waals surface area contributed by atoms with Crippen LogP contribution in [0.4, 0.5) is 4.39 Å². The maximum Gasteiger partial charge on any atom is 0.139 e. The minimum Gasteiger partial charge on any atom is -0.320 e. The monoisotopic (exact) mass is 372 g/mol. The molecule has 2 nitrogen and oxygen atoms in total. The lowest BCUT2D eigenvalue weighted by atomic mass is 10.1. The summed E-state index contributed by atoms with van der Waals surface area (Å²) in [5.74, 6) is 0.729. The van der Waals surface area contributed by atoms with E-state index in [0.29, 0.717) is 15.9 Å². The Labute approximate surface area is 133 Å². The zero-order valence-electron chi connectivity index (χ0n) is 10.6. The SMILES string of the molecule is CC(c1ccsc1)n1c(CCl)nc2cc(F)c(Br)cc21. The number of nitrogens with zero attached hydrogens (tertiary/aromatic N) is 2. The Balaban J connectivity index is 2.25. The van der Waals surface area contributed by atoms with Gasteiger partial charge in [-0.2, -0.15) is 11.3 Å². The zero-order valence-corrected chi connectivity index (χ0v) is 13.8. The topological polar surface area (TPSA) is 17.8 Å². The van der Waals surface area contributed by atoms with Gasteiger partial charge in [0.25, 0.3) is 0 Å². The van der Waals surface area contributed by atoms with Crippen LogP contribution in [0.15, 0.2) is 33.4 Å². The van der Waals surface area contributed by atoms with Crippen molar-refractivity contribution in [3.8, 4) is 0 Å². The van der Waals surface area contributed by atoms with E-state index in [0.717, 1.165) is 11.3 Å². The Bertz CT molecular complexity index is 754. The van der Waals surface area contributed by atoms with E-state index >= 15 is 0 Å². The molecular weight excluding hydrogens is 363 g/mol. The Morgan fingerprint density at radius 3 is 2.95 bits per heavy atom. The first-order valence-electron chi connectivity index (χ1n) is 6.05. The molecule has 1 aromatic carbocycles. The van der Waals surface area contributed by atoms with Crippen molar-refractivity contribution in [2.75, 3.05) is 0 Å². The first kappa shape index (κ1) is 14.0. The average molecular weight is 374 g/mol. The number of thiophene rings is 1. The second-order valence-electron chi connectivity index (χ2n) is 4.52. The van der Waals surface area contributed by atoms with E-state index in [1.165, 1.54) is 11.6 Å². The van der Waals surface area contributed by atoms with E-state index in [9.17, 15) is 4.39 Å². The molecule has 1 atom stereocenters. The van der Waals surface area contributed by atoms with Crippen LogP contribution in [-0.2, 0) is 5.88 Å². The predicted molar refractivity (Wildman–Crippen MR) is 85.1 cm³/mol. The van der Waals surface area contributed by atoms with Crippen LogP contribution < -0.4 is 0 Å². The van der Waals surface area contributed by atoms with Crippen molar-refractivity contribution in [1.82, 2.24) is 9.55 Å². The molecule has 0 aliphatic rings. The van der Waals surface area contributed by atoms with E-state index in [4.69, 9.17) is 11.6 Å². The van der Waals surface area contributed by atoms with Gasteiger partial charge in [0.15, 0.2) is 0 Å². The van der Waals surface area contributed by atoms with Crippen molar-refractivity contribution in [2.24, 2.45) is 0 Å². The molecule has 0 aliphatic carbocycles. The summed E-state index contributed by atoms with van der Waals surface area (Å²) in [6, 6.07) is 5.39. The number of benzene rings is 1. The molecule has 3 aromatic rings. The van der Waals surface area contributed by atoms with Crippen LogP contribution in [0.2, 0.25) is 0 Å². The normalized spacial score (nSPS) is 13.0. The largest absolute Gasteiger partial charge is 0.320 e. The quantitative estimate of drug-likeness (QED) is 0.566. The highest BCUT2D eigenvalue weighted by Crippen LogP contribution is 2.30. The Morgan fingerprint density at radius 2 is 2.30 bits per heavy atom. The first-order chi connectivity index (χ1) is 9.61. The lowest BCUT2D eigenvalue weighted by Gasteiger charge is -2.16. The summed E-state index contributed by atoms with van der Waals surface area (Å²) in [6.45, 7) is 2.09. The van der Waals surface area contributed by atoms with Gasteiger partial charge in [0.05, 0.1) is 27.4 Å². The van der Waals surface area contributed by atoms with Gasteiger partial charge in [0.2, 0.25) is 0 Å². The summed E-state index contributed by atoms with van der Waals surface area (Å²) in [5, 5.41) is 4.15. The van der Waals surface area contributed by atoms with Crippen LogP contribution in [0.5, 0.6) is 0 Å². The minimum absolute atomic E-state index is 0.109. The van der Waals surface area contributed by atoms with Gasteiger partial charge in [-0.15, -0.1) is 11.6 Å². The van der Waals surface area contributed by atoms with Crippen LogP contribution in [0.25, 0.3) is 11.0 Å². The zero-order chi connectivity index (χ0) is 14.3. The van der Waals surface area contributed by atoms with Gasteiger partial charge in [0.1, 0.15) is 11.6 Å². The highest BCUT2D eigenvalue weighted by molar-refractivity contribution is 9.10. The first-order valence-corrected chi connectivity index (χ1v) is 8.32. The molecule has 6 heteroatoms. The molecule has 0 radical (unpaired) electrons. The molecule has 1 unspecified atom stereocenters. The summed E-state index contributed by atoms with van der Waals surface area (Å²) >= 11 is 10.9. The smallest absolute Gasteiger partial charge is 0.139 e. The number of halogens is 3. The van der Waals surface area contributed by atoms with Gasteiger partial charge in [-0.3, -0.25) is 0 Å². The molecule has 0 amide bonds. The third kappa shape index (κ3) is 2.28. The van der Waals surface area contributed by atoms with Crippen molar-refractivity contribution in [1.29, 1.82) is 0 Å². The Hall–Kier alpha value is -0.910. The molecular formula is C14H11BrClFN2S. The fourth-order valence-electron chi connectivity index (χ4n) is 2.33. The summed E-state index contributed by atoms with van der Waals surface area (Å²) in [4.78, 5) is 4.44. The second kappa shape index (κ2) is 5.47. The Kier molecular flexibility index (Phi) is 3.84. The molecule has 3 rings (SSSR count). The van der Waals surface area contributed by atoms with E-state index in [-0.39, 0.29) is 11.9 Å². The van der Waals surface area contributed by atoms with Gasteiger partial charge in [-0.25, -0.2) is 9.37 Å².